The Hall–Kier alpha value is -1.65. The number of pyridine rings is 1. The minimum absolute atomic E-state index is 0.0191. The van der Waals surface area contributed by atoms with Gasteiger partial charge in [-0.1, -0.05) is 27.7 Å². The molecule has 1 amide bonds. The summed E-state index contributed by atoms with van der Waals surface area (Å²) in [5.74, 6) is 0.0250. The Balaban J connectivity index is 2.84. The fraction of sp³-hybridized carbons (Fsp3) is 0.600. The molecule has 0 atom stereocenters. The van der Waals surface area contributed by atoms with Gasteiger partial charge in [0.05, 0.1) is 11.8 Å². The van der Waals surface area contributed by atoms with Gasteiger partial charge in [0, 0.05) is 13.1 Å². The zero-order chi connectivity index (χ0) is 15.3. The van der Waals surface area contributed by atoms with Crippen molar-refractivity contribution >= 4 is 11.7 Å². The number of nitrogens with zero attached hydrogens (tertiary/aromatic N) is 1. The number of nitrogens with one attached hydrogen (secondary N) is 2. The van der Waals surface area contributed by atoms with Crippen LogP contribution in [-0.2, 0) is 0 Å². The van der Waals surface area contributed by atoms with Gasteiger partial charge in [0.25, 0.3) is 5.91 Å². The summed E-state index contributed by atoms with van der Waals surface area (Å²) >= 11 is 0. The molecule has 0 aliphatic carbocycles. The molecule has 20 heavy (non-hydrogen) atoms. The number of hydrogen-bond acceptors (Lipinski definition) is 3. The largest absolute Gasteiger partial charge is 0.370 e. The molecule has 1 rings (SSSR count). The van der Waals surface area contributed by atoms with E-state index in [9.17, 15) is 9.18 Å². The average molecular weight is 281 g/mol. The summed E-state index contributed by atoms with van der Waals surface area (Å²) in [5, 5.41) is 5.83. The Labute approximate surface area is 120 Å². The summed E-state index contributed by atoms with van der Waals surface area (Å²) in [6.07, 6.45) is 1.10. The molecule has 0 saturated heterocycles. The molecule has 0 aliphatic rings. The SMILES string of the molecule is CCNc1ncc(F)cc1C(=O)NCC(C)(C)C(C)C. The molecule has 0 aromatic carbocycles. The van der Waals surface area contributed by atoms with Gasteiger partial charge < -0.3 is 10.6 Å². The highest BCUT2D eigenvalue weighted by Crippen LogP contribution is 2.25. The fourth-order valence-corrected chi connectivity index (χ4v) is 1.53. The second-order valence-corrected chi connectivity index (χ2v) is 5.91. The lowest BCUT2D eigenvalue weighted by molar-refractivity contribution is 0.0925. The number of carbonyl (C=O) groups is 1. The Morgan fingerprint density at radius 1 is 1.45 bits per heavy atom. The van der Waals surface area contributed by atoms with E-state index >= 15 is 0 Å². The molecular formula is C15H24FN3O. The van der Waals surface area contributed by atoms with Gasteiger partial charge in [-0.25, -0.2) is 9.37 Å². The van der Waals surface area contributed by atoms with Crippen LogP contribution in [0.2, 0.25) is 0 Å². The molecule has 4 nitrogen and oxygen atoms in total. The van der Waals surface area contributed by atoms with Crippen LogP contribution in [0.1, 0.15) is 45.0 Å². The molecule has 1 heterocycles. The first-order valence-corrected chi connectivity index (χ1v) is 6.95. The first-order valence-electron chi connectivity index (χ1n) is 6.95. The maximum Gasteiger partial charge on any atom is 0.255 e. The van der Waals surface area contributed by atoms with Crippen LogP contribution >= 0.6 is 0 Å². The second kappa shape index (κ2) is 6.68. The van der Waals surface area contributed by atoms with Crippen LogP contribution in [0.25, 0.3) is 0 Å². The minimum atomic E-state index is -0.514. The van der Waals surface area contributed by atoms with Crippen LogP contribution in [0.3, 0.4) is 0 Å². The summed E-state index contributed by atoms with van der Waals surface area (Å²) in [7, 11) is 0. The minimum Gasteiger partial charge on any atom is -0.370 e. The van der Waals surface area contributed by atoms with Gasteiger partial charge in [-0.15, -0.1) is 0 Å². The van der Waals surface area contributed by atoms with Crippen molar-refractivity contribution in [2.75, 3.05) is 18.4 Å². The fourth-order valence-electron chi connectivity index (χ4n) is 1.53. The van der Waals surface area contributed by atoms with Crippen molar-refractivity contribution in [2.45, 2.75) is 34.6 Å². The van der Waals surface area contributed by atoms with Crippen LogP contribution in [0, 0.1) is 17.2 Å². The Morgan fingerprint density at radius 2 is 2.10 bits per heavy atom. The molecule has 0 bridgehead atoms. The number of aromatic nitrogens is 1. The summed E-state index contributed by atoms with van der Waals surface area (Å²) in [5.41, 5.74) is 0.223. The zero-order valence-corrected chi connectivity index (χ0v) is 12.9. The number of amides is 1. The highest BCUT2D eigenvalue weighted by Gasteiger charge is 2.24. The van der Waals surface area contributed by atoms with E-state index in [2.05, 4.69) is 43.3 Å². The smallest absolute Gasteiger partial charge is 0.255 e. The Kier molecular flexibility index (Phi) is 5.48. The average Bonchev–Trinajstić information content (AvgIpc) is 2.38. The molecule has 1 aromatic rings. The number of anilines is 1. The van der Waals surface area contributed by atoms with Gasteiger partial charge in [0.15, 0.2) is 0 Å². The molecule has 0 spiro atoms. The number of rotatable bonds is 6. The van der Waals surface area contributed by atoms with Crippen molar-refractivity contribution in [1.82, 2.24) is 10.3 Å². The third-order valence-electron chi connectivity index (χ3n) is 3.71. The van der Waals surface area contributed by atoms with Crippen LogP contribution in [0.5, 0.6) is 0 Å². The van der Waals surface area contributed by atoms with Crippen molar-refractivity contribution < 1.29 is 9.18 Å². The topological polar surface area (TPSA) is 54.0 Å². The monoisotopic (exact) mass is 281 g/mol. The van der Waals surface area contributed by atoms with Gasteiger partial charge in [0.1, 0.15) is 11.6 Å². The van der Waals surface area contributed by atoms with E-state index in [1.165, 1.54) is 6.07 Å². The molecule has 0 aliphatic heterocycles. The van der Waals surface area contributed by atoms with Gasteiger partial charge in [-0.2, -0.15) is 0 Å². The molecule has 0 saturated carbocycles. The lowest BCUT2D eigenvalue weighted by Gasteiger charge is -2.29. The molecular weight excluding hydrogens is 257 g/mol. The van der Waals surface area contributed by atoms with Gasteiger partial charge in [-0.05, 0) is 24.3 Å². The van der Waals surface area contributed by atoms with E-state index in [0.717, 1.165) is 6.20 Å². The quantitative estimate of drug-likeness (QED) is 0.842. The zero-order valence-electron chi connectivity index (χ0n) is 12.9. The predicted octanol–water partition coefficient (Wildman–Crippen LogP) is 3.06. The molecule has 112 valence electrons. The molecule has 0 radical (unpaired) electrons. The first-order chi connectivity index (χ1) is 9.27. The number of hydrogen-bond donors (Lipinski definition) is 2. The van der Waals surface area contributed by atoms with E-state index in [0.29, 0.717) is 24.8 Å². The standard InChI is InChI=1S/C15H24FN3O/c1-6-17-13-12(7-11(16)8-18-13)14(20)19-9-15(4,5)10(2)3/h7-8,10H,6,9H2,1-5H3,(H,17,18)(H,19,20). The van der Waals surface area contributed by atoms with Crippen molar-refractivity contribution in [2.24, 2.45) is 11.3 Å². The van der Waals surface area contributed by atoms with E-state index in [-0.39, 0.29) is 16.9 Å². The highest BCUT2D eigenvalue weighted by atomic mass is 19.1. The van der Waals surface area contributed by atoms with Crippen molar-refractivity contribution in [3.05, 3.63) is 23.6 Å². The summed E-state index contributed by atoms with van der Waals surface area (Å²) < 4.78 is 13.3. The normalized spacial score (nSPS) is 11.6. The van der Waals surface area contributed by atoms with E-state index in [1.807, 2.05) is 6.92 Å². The van der Waals surface area contributed by atoms with Gasteiger partial charge in [0.2, 0.25) is 0 Å². The second-order valence-electron chi connectivity index (χ2n) is 5.91. The third kappa shape index (κ3) is 4.18. The number of halogens is 1. The van der Waals surface area contributed by atoms with E-state index in [1.54, 1.807) is 0 Å². The van der Waals surface area contributed by atoms with Crippen LogP contribution in [0.4, 0.5) is 10.2 Å². The van der Waals surface area contributed by atoms with Crippen molar-refractivity contribution in [3.63, 3.8) is 0 Å². The van der Waals surface area contributed by atoms with Crippen molar-refractivity contribution in [3.8, 4) is 0 Å². The molecule has 0 fully saturated rings. The Morgan fingerprint density at radius 3 is 2.65 bits per heavy atom. The maximum absolute atomic E-state index is 13.3. The highest BCUT2D eigenvalue weighted by molar-refractivity contribution is 5.98. The molecule has 5 heteroatoms. The Bertz CT molecular complexity index is 472. The van der Waals surface area contributed by atoms with Crippen LogP contribution in [0.15, 0.2) is 12.3 Å². The third-order valence-corrected chi connectivity index (χ3v) is 3.71. The maximum atomic E-state index is 13.3. The summed E-state index contributed by atoms with van der Waals surface area (Å²) in [4.78, 5) is 16.1. The van der Waals surface area contributed by atoms with Crippen LogP contribution < -0.4 is 10.6 Å². The lowest BCUT2D eigenvalue weighted by atomic mass is 9.81. The van der Waals surface area contributed by atoms with Crippen molar-refractivity contribution in [1.29, 1.82) is 0 Å². The molecule has 2 N–H and O–H groups in total. The lowest BCUT2D eigenvalue weighted by Crippen LogP contribution is -2.37. The van der Waals surface area contributed by atoms with Gasteiger partial charge in [-0.3, -0.25) is 4.79 Å². The number of carbonyl (C=O) groups excluding carboxylic acids is 1. The van der Waals surface area contributed by atoms with E-state index in [4.69, 9.17) is 0 Å². The predicted molar refractivity (Wildman–Crippen MR) is 79.3 cm³/mol. The first kappa shape index (κ1) is 16.4. The van der Waals surface area contributed by atoms with Gasteiger partial charge >= 0.3 is 0 Å². The van der Waals surface area contributed by atoms with E-state index < -0.39 is 5.82 Å². The van der Waals surface area contributed by atoms with Crippen LogP contribution in [-0.4, -0.2) is 24.0 Å². The summed E-state index contributed by atoms with van der Waals surface area (Å²) in [6, 6.07) is 1.21. The molecule has 1 aromatic heterocycles. The molecule has 0 unspecified atom stereocenters. The summed E-state index contributed by atoms with van der Waals surface area (Å²) in [6.45, 7) is 11.5.